The second-order valence-corrected chi connectivity index (χ2v) is 11.6. The van der Waals surface area contributed by atoms with Gasteiger partial charge in [0.05, 0.1) is 11.4 Å². The Kier molecular flexibility index (Phi) is 7.06. The molecule has 1 fully saturated rings. The van der Waals surface area contributed by atoms with E-state index in [1.54, 1.807) is 41.8 Å². The van der Waals surface area contributed by atoms with Crippen LogP contribution in [-0.4, -0.2) is 53.2 Å². The largest absolute Gasteiger partial charge is 0.355 e. The number of piperidine rings is 1. The molecule has 1 aliphatic rings. The van der Waals surface area contributed by atoms with E-state index in [9.17, 15) is 21.6 Å². The molecule has 1 aliphatic heterocycles. The molecule has 3 rings (SSSR count). The van der Waals surface area contributed by atoms with Crippen LogP contribution in [0.4, 0.5) is 0 Å². The van der Waals surface area contributed by atoms with E-state index in [1.165, 1.54) is 10.4 Å². The highest BCUT2D eigenvalue weighted by Crippen LogP contribution is 2.23. The molecule has 8 nitrogen and oxygen atoms in total. The van der Waals surface area contributed by atoms with Crippen LogP contribution in [0.3, 0.4) is 0 Å². The van der Waals surface area contributed by atoms with Crippen LogP contribution in [0, 0.1) is 5.92 Å². The summed E-state index contributed by atoms with van der Waals surface area (Å²) in [7, 11) is -7.16. The van der Waals surface area contributed by atoms with Gasteiger partial charge in [0.2, 0.25) is 15.9 Å². The van der Waals surface area contributed by atoms with E-state index in [0.717, 1.165) is 11.3 Å². The molecule has 0 saturated carbocycles. The lowest BCUT2D eigenvalue weighted by Gasteiger charge is -2.31. The van der Waals surface area contributed by atoms with E-state index < -0.39 is 26.0 Å². The number of sulfonamides is 2. The first-order valence-corrected chi connectivity index (χ1v) is 12.9. The lowest BCUT2D eigenvalue weighted by atomic mass is 9.98. The Balaban J connectivity index is 1.42. The average molecular weight is 458 g/mol. The van der Waals surface area contributed by atoms with Crippen molar-refractivity contribution >= 4 is 37.3 Å². The maximum atomic E-state index is 12.6. The summed E-state index contributed by atoms with van der Waals surface area (Å²) in [6.45, 7) is 0.839. The van der Waals surface area contributed by atoms with Gasteiger partial charge in [-0.2, -0.15) is 4.31 Å². The highest BCUT2D eigenvalue weighted by molar-refractivity contribution is 7.91. The standard InChI is InChI=1S/C18H23N3O5S3/c22-17(14-20-28(23,24)18-7-4-12-27-18)19-13-15-8-10-21(11-9-15)29(25,26)16-5-2-1-3-6-16/h1-7,12,15,20H,8-11,13-14H2,(H,19,22). The van der Waals surface area contributed by atoms with Crippen molar-refractivity contribution in [3.05, 3.63) is 47.8 Å². The molecule has 29 heavy (non-hydrogen) atoms. The van der Waals surface area contributed by atoms with Crippen LogP contribution in [0.5, 0.6) is 0 Å². The van der Waals surface area contributed by atoms with Crippen LogP contribution < -0.4 is 10.0 Å². The monoisotopic (exact) mass is 457 g/mol. The van der Waals surface area contributed by atoms with Crippen molar-refractivity contribution in [2.24, 2.45) is 5.92 Å². The Morgan fingerprint density at radius 1 is 1.03 bits per heavy atom. The molecular weight excluding hydrogens is 434 g/mol. The van der Waals surface area contributed by atoms with Crippen molar-refractivity contribution < 1.29 is 21.6 Å². The van der Waals surface area contributed by atoms with Crippen LogP contribution in [0.15, 0.2) is 56.9 Å². The number of benzene rings is 1. The maximum absolute atomic E-state index is 12.6. The fourth-order valence-corrected chi connectivity index (χ4v) is 6.57. The summed E-state index contributed by atoms with van der Waals surface area (Å²) in [4.78, 5) is 12.3. The van der Waals surface area contributed by atoms with E-state index in [2.05, 4.69) is 10.0 Å². The summed E-state index contributed by atoms with van der Waals surface area (Å²) in [6, 6.07) is 11.4. The van der Waals surface area contributed by atoms with E-state index in [1.807, 2.05) is 0 Å². The number of amides is 1. The number of hydrogen-bond donors (Lipinski definition) is 2. The van der Waals surface area contributed by atoms with Crippen molar-refractivity contribution in [1.29, 1.82) is 0 Å². The summed E-state index contributed by atoms with van der Waals surface area (Å²) in [5.41, 5.74) is 0. The number of rotatable bonds is 8. The van der Waals surface area contributed by atoms with Crippen LogP contribution >= 0.6 is 11.3 Å². The Morgan fingerprint density at radius 2 is 1.72 bits per heavy atom. The summed E-state index contributed by atoms with van der Waals surface area (Å²) in [5, 5.41) is 4.38. The summed E-state index contributed by atoms with van der Waals surface area (Å²) >= 11 is 1.08. The van der Waals surface area contributed by atoms with Gasteiger partial charge in [-0.05, 0) is 42.3 Å². The van der Waals surface area contributed by atoms with Gasteiger partial charge >= 0.3 is 0 Å². The molecule has 0 aliphatic carbocycles. The molecule has 1 aromatic heterocycles. The van der Waals surface area contributed by atoms with Gasteiger partial charge in [-0.1, -0.05) is 24.3 Å². The normalized spacial score (nSPS) is 16.6. The first kappa shape index (κ1) is 21.9. The zero-order valence-corrected chi connectivity index (χ0v) is 18.1. The van der Waals surface area contributed by atoms with Crippen molar-refractivity contribution in [1.82, 2.24) is 14.3 Å². The number of nitrogens with zero attached hydrogens (tertiary/aromatic N) is 1. The molecule has 2 N–H and O–H groups in total. The topological polar surface area (TPSA) is 113 Å². The van der Waals surface area contributed by atoms with E-state index in [0.29, 0.717) is 32.5 Å². The van der Waals surface area contributed by atoms with Gasteiger partial charge < -0.3 is 5.32 Å². The SMILES string of the molecule is O=C(CNS(=O)(=O)c1cccs1)NCC1CCN(S(=O)(=O)c2ccccc2)CC1. The third-order valence-electron chi connectivity index (χ3n) is 4.73. The fourth-order valence-electron chi connectivity index (χ4n) is 3.06. The molecule has 2 aromatic rings. The Labute approximate surface area is 175 Å². The number of carbonyl (C=O) groups excluding carboxylic acids is 1. The lowest BCUT2D eigenvalue weighted by Crippen LogP contribution is -2.43. The minimum absolute atomic E-state index is 0.148. The third-order valence-corrected chi connectivity index (χ3v) is 9.44. The lowest BCUT2D eigenvalue weighted by molar-refractivity contribution is -0.120. The quantitative estimate of drug-likeness (QED) is 0.619. The zero-order valence-electron chi connectivity index (χ0n) is 15.7. The van der Waals surface area contributed by atoms with Crippen molar-refractivity contribution in [3.63, 3.8) is 0 Å². The predicted molar refractivity (Wildman–Crippen MR) is 110 cm³/mol. The maximum Gasteiger partial charge on any atom is 0.250 e. The van der Waals surface area contributed by atoms with Gasteiger partial charge in [0.25, 0.3) is 10.0 Å². The Hall–Kier alpha value is -1.79. The molecule has 1 aromatic carbocycles. The van der Waals surface area contributed by atoms with Crippen molar-refractivity contribution in [2.45, 2.75) is 21.9 Å². The fraction of sp³-hybridized carbons (Fsp3) is 0.389. The average Bonchev–Trinajstić information content (AvgIpc) is 3.28. The van der Waals surface area contributed by atoms with Crippen LogP contribution in [-0.2, 0) is 24.8 Å². The van der Waals surface area contributed by atoms with Gasteiger partial charge in [0, 0.05) is 19.6 Å². The number of carbonyl (C=O) groups is 1. The summed E-state index contributed by atoms with van der Waals surface area (Å²) in [5.74, 6) is -0.264. The van der Waals surface area contributed by atoms with Gasteiger partial charge in [0.1, 0.15) is 4.21 Å². The molecule has 0 unspecified atom stereocenters. The van der Waals surface area contributed by atoms with E-state index >= 15 is 0 Å². The second kappa shape index (κ2) is 9.35. The van der Waals surface area contributed by atoms with Crippen LogP contribution in [0.25, 0.3) is 0 Å². The molecular formula is C18H23N3O5S3. The minimum Gasteiger partial charge on any atom is -0.355 e. The minimum atomic E-state index is -3.67. The van der Waals surface area contributed by atoms with Crippen LogP contribution in [0.1, 0.15) is 12.8 Å². The first-order valence-electron chi connectivity index (χ1n) is 9.14. The van der Waals surface area contributed by atoms with Crippen LogP contribution in [0.2, 0.25) is 0 Å². The summed E-state index contributed by atoms with van der Waals surface area (Å²) < 4.78 is 53.2. The Morgan fingerprint density at radius 3 is 2.34 bits per heavy atom. The molecule has 2 heterocycles. The smallest absolute Gasteiger partial charge is 0.250 e. The molecule has 11 heteroatoms. The number of nitrogens with one attached hydrogen (secondary N) is 2. The highest BCUT2D eigenvalue weighted by atomic mass is 32.2. The molecule has 0 bridgehead atoms. The van der Waals surface area contributed by atoms with Gasteiger partial charge in [-0.25, -0.2) is 21.6 Å². The zero-order chi connectivity index (χ0) is 20.9. The number of hydrogen-bond acceptors (Lipinski definition) is 6. The van der Waals surface area contributed by atoms with Gasteiger partial charge in [-0.15, -0.1) is 11.3 Å². The van der Waals surface area contributed by atoms with E-state index in [4.69, 9.17) is 0 Å². The molecule has 0 atom stereocenters. The van der Waals surface area contributed by atoms with E-state index in [-0.39, 0.29) is 21.6 Å². The predicted octanol–water partition coefficient (Wildman–Crippen LogP) is 1.24. The van der Waals surface area contributed by atoms with Crippen molar-refractivity contribution in [3.8, 4) is 0 Å². The molecule has 0 spiro atoms. The van der Waals surface area contributed by atoms with Gasteiger partial charge in [0.15, 0.2) is 0 Å². The second-order valence-electron chi connectivity index (χ2n) is 6.72. The van der Waals surface area contributed by atoms with Gasteiger partial charge in [-0.3, -0.25) is 4.79 Å². The Bertz CT molecular complexity index is 1010. The first-order chi connectivity index (χ1) is 13.8. The van der Waals surface area contributed by atoms with Crippen molar-refractivity contribution in [2.75, 3.05) is 26.2 Å². The highest BCUT2D eigenvalue weighted by Gasteiger charge is 2.29. The molecule has 0 radical (unpaired) electrons. The molecule has 158 valence electrons. The summed E-state index contributed by atoms with van der Waals surface area (Å²) in [6.07, 6.45) is 1.26. The molecule has 1 amide bonds. The number of thiophene rings is 1. The third kappa shape index (κ3) is 5.64. The molecule has 1 saturated heterocycles.